The Morgan fingerprint density at radius 1 is 0.139 bits per heavy atom. The summed E-state index contributed by atoms with van der Waals surface area (Å²) in [5.41, 5.74) is 20.9. The first-order valence-corrected chi connectivity index (χ1v) is 24.4. The molecule has 0 aliphatic heterocycles. The van der Waals surface area contributed by atoms with Crippen LogP contribution in [0.25, 0.3) is 123 Å². The minimum absolute atomic E-state index is 0.595. The second kappa shape index (κ2) is 19.8. The van der Waals surface area contributed by atoms with Crippen LogP contribution in [0.5, 0.6) is 0 Å². The van der Waals surface area contributed by atoms with Crippen LogP contribution >= 0.6 is 0 Å². The Kier molecular flexibility index (Phi) is 12.0. The van der Waals surface area contributed by atoms with Gasteiger partial charge in [0.05, 0.1) is 0 Å². The third-order valence-corrected chi connectivity index (χ3v) is 13.3. The zero-order valence-corrected chi connectivity index (χ0v) is 39.5. The zero-order valence-electron chi connectivity index (χ0n) is 39.5. The van der Waals surface area contributed by atoms with Gasteiger partial charge in [0.1, 0.15) is 0 Å². The van der Waals surface area contributed by atoms with Crippen LogP contribution in [-0.4, -0.2) is 15.0 Å². The van der Waals surface area contributed by atoms with Gasteiger partial charge in [-0.15, -0.1) is 0 Å². The van der Waals surface area contributed by atoms with E-state index in [2.05, 4.69) is 273 Å². The molecule has 0 fully saturated rings. The van der Waals surface area contributed by atoms with Crippen LogP contribution in [0.1, 0.15) is 0 Å². The molecule has 72 heavy (non-hydrogen) atoms. The Balaban J connectivity index is 1.11. The monoisotopic (exact) mass is 917 g/mol. The van der Waals surface area contributed by atoms with Crippen LogP contribution in [0.2, 0.25) is 0 Å². The molecule has 0 aliphatic rings. The van der Waals surface area contributed by atoms with E-state index in [0.717, 1.165) is 89.0 Å². The Labute approximate surface area is 421 Å². The van der Waals surface area contributed by atoms with Crippen LogP contribution in [0.3, 0.4) is 0 Å². The second-order valence-corrected chi connectivity index (χ2v) is 17.9. The molecule has 12 rings (SSSR count). The molecule has 1 aromatic heterocycles. The third kappa shape index (κ3) is 8.72. The Morgan fingerprint density at radius 3 is 0.611 bits per heavy atom. The lowest BCUT2D eigenvalue weighted by molar-refractivity contribution is 1.07. The molecule has 0 amide bonds. The fraction of sp³-hybridized carbons (Fsp3) is 0. The van der Waals surface area contributed by atoms with Crippen molar-refractivity contribution in [1.82, 2.24) is 15.0 Å². The summed E-state index contributed by atoms with van der Waals surface area (Å²) in [5, 5.41) is 0. The maximum absolute atomic E-state index is 5.28. The van der Waals surface area contributed by atoms with Crippen molar-refractivity contribution in [3.63, 3.8) is 0 Å². The summed E-state index contributed by atoms with van der Waals surface area (Å²) in [4.78, 5) is 15.8. The van der Waals surface area contributed by atoms with Crippen LogP contribution in [0.15, 0.2) is 285 Å². The van der Waals surface area contributed by atoms with E-state index >= 15 is 0 Å². The van der Waals surface area contributed by atoms with Gasteiger partial charge in [0.25, 0.3) is 0 Å². The number of hydrogen-bond acceptors (Lipinski definition) is 3. The molecule has 3 heteroatoms. The number of aromatic nitrogens is 3. The quantitative estimate of drug-likeness (QED) is 0.130. The lowest BCUT2D eigenvalue weighted by Crippen LogP contribution is -2.02. The van der Waals surface area contributed by atoms with E-state index in [1.807, 2.05) is 12.1 Å². The molecule has 0 bridgehead atoms. The third-order valence-electron chi connectivity index (χ3n) is 13.3. The molecule has 0 saturated heterocycles. The fourth-order valence-corrected chi connectivity index (χ4v) is 9.99. The summed E-state index contributed by atoms with van der Waals surface area (Å²) >= 11 is 0. The van der Waals surface area contributed by atoms with E-state index in [4.69, 9.17) is 15.0 Å². The van der Waals surface area contributed by atoms with E-state index in [1.165, 1.54) is 16.7 Å². The van der Waals surface area contributed by atoms with Crippen molar-refractivity contribution < 1.29 is 0 Å². The smallest absolute Gasteiger partial charge is 0.164 e. The van der Waals surface area contributed by atoms with Crippen LogP contribution < -0.4 is 0 Å². The van der Waals surface area contributed by atoms with Crippen molar-refractivity contribution in [3.8, 4) is 123 Å². The predicted molar refractivity (Wildman–Crippen MR) is 300 cm³/mol. The van der Waals surface area contributed by atoms with E-state index in [-0.39, 0.29) is 0 Å². The lowest BCUT2D eigenvalue weighted by Gasteiger charge is -2.28. The number of benzene rings is 11. The van der Waals surface area contributed by atoms with E-state index in [1.54, 1.807) is 0 Å². The molecule has 0 atom stereocenters. The van der Waals surface area contributed by atoms with Gasteiger partial charge >= 0.3 is 0 Å². The van der Waals surface area contributed by atoms with Crippen LogP contribution in [-0.2, 0) is 0 Å². The standard InChI is InChI=1S/C69H47N3/c1-8-24-48(25-9-1)57-38-22-40-59(46-57)68-70-67(71-69(72-68)60-41-23-39-58(47-60)49-26-10-2-11-27-49)56-44-42-55(43-45-56)66-64(53-34-18-6-19-35-53)62(51-30-14-4-15-31-51)61(50-28-12-3-13-29-50)63(52-32-16-5-17-33-52)65(66)54-36-20-7-21-37-54/h1-47H. The first kappa shape index (κ1) is 43.7. The van der Waals surface area contributed by atoms with Gasteiger partial charge < -0.3 is 0 Å². The van der Waals surface area contributed by atoms with Crippen LogP contribution in [0, 0.1) is 0 Å². The SMILES string of the molecule is c1ccc(-c2cccc(-c3nc(-c4ccc(-c5c(-c6ccccc6)c(-c6ccccc6)c(-c6ccccc6)c(-c6ccccc6)c5-c5ccccc5)cc4)nc(-c4cccc(-c5ccccc5)c4)n3)c2)cc1. The summed E-state index contributed by atoms with van der Waals surface area (Å²) in [6, 6.07) is 101. The fourth-order valence-electron chi connectivity index (χ4n) is 9.99. The summed E-state index contributed by atoms with van der Waals surface area (Å²) in [7, 11) is 0. The van der Waals surface area contributed by atoms with Gasteiger partial charge in [-0.25, -0.2) is 15.0 Å². The molecule has 338 valence electrons. The molecule has 0 radical (unpaired) electrons. The molecule has 0 saturated carbocycles. The maximum Gasteiger partial charge on any atom is 0.164 e. The molecular weight excluding hydrogens is 871 g/mol. The minimum Gasteiger partial charge on any atom is -0.208 e. The maximum atomic E-state index is 5.28. The molecule has 0 aliphatic carbocycles. The topological polar surface area (TPSA) is 38.7 Å². The van der Waals surface area contributed by atoms with E-state index in [9.17, 15) is 0 Å². The Hall–Kier alpha value is -9.57. The zero-order chi connectivity index (χ0) is 48.1. The largest absolute Gasteiger partial charge is 0.208 e. The van der Waals surface area contributed by atoms with E-state index in [0.29, 0.717) is 17.5 Å². The number of rotatable bonds is 11. The van der Waals surface area contributed by atoms with Crippen molar-refractivity contribution >= 4 is 0 Å². The normalized spacial score (nSPS) is 11.1. The minimum atomic E-state index is 0.595. The van der Waals surface area contributed by atoms with Gasteiger partial charge in [0.2, 0.25) is 0 Å². The Bertz CT molecular complexity index is 3580. The average molecular weight is 918 g/mol. The van der Waals surface area contributed by atoms with Crippen molar-refractivity contribution in [3.05, 3.63) is 285 Å². The molecule has 0 unspecified atom stereocenters. The molecule has 0 spiro atoms. The highest BCUT2D eigenvalue weighted by Gasteiger charge is 2.29. The van der Waals surface area contributed by atoms with Crippen molar-refractivity contribution in [1.29, 1.82) is 0 Å². The van der Waals surface area contributed by atoms with Crippen molar-refractivity contribution in [2.75, 3.05) is 0 Å². The molecule has 3 nitrogen and oxygen atoms in total. The molecule has 11 aromatic carbocycles. The predicted octanol–water partition coefficient (Wildman–Crippen LogP) is 18.2. The Morgan fingerprint density at radius 2 is 0.333 bits per heavy atom. The van der Waals surface area contributed by atoms with Gasteiger partial charge in [-0.3, -0.25) is 0 Å². The summed E-state index contributed by atoms with van der Waals surface area (Å²) in [6.45, 7) is 0. The molecule has 0 N–H and O–H groups in total. The lowest BCUT2D eigenvalue weighted by atomic mass is 9.74. The molecular formula is C69H47N3. The first-order chi connectivity index (χ1) is 35.7. The van der Waals surface area contributed by atoms with Gasteiger partial charge in [0, 0.05) is 16.7 Å². The van der Waals surface area contributed by atoms with Gasteiger partial charge in [0.15, 0.2) is 17.5 Å². The number of hydrogen-bond donors (Lipinski definition) is 0. The molecule has 12 aromatic rings. The molecule has 1 heterocycles. The van der Waals surface area contributed by atoms with Gasteiger partial charge in [-0.2, -0.15) is 0 Å². The van der Waals surface area contributed by atoms with Gasteiger partial charge in [-0.05, 0) is 101 Å². The summed E-state index contributed by atoms with van der Waals surface area (Å²) in [5.74, 6) is 1.81. The first-order valence-electron chi connectivity index (χ1n) is 24.4. The second-order valence-electron chi connectivity index (χ2n) is 17.9. The average Bonchev–Trinajstić information content (AvgIpc) is 3.48. The number of nitrogens with zero attached hydrogens (tertiary/aromatic N) is 3. The van der Waals surface area contributed by atoms with Gasteiger partial charge in [-0.1, -0.05) is 273 Å². The van der Waals surface area contributed by atoms with Crippen LogP contribution in [0.4, 0.5) is 0 Å². The summed E-state index contributed by atoms with van der Waals surface area (Å²) < 4.78 is 0. The van der Waals surface area contributed by atoms with E-state index < -0.39 is 0 Å². The highest BCUT2D eigenvalue weighted by Crippen LogP contribution is 2.56. The van der Waals surface area contributed by atoms with Crippen molar-refractivity contribution in [2.45, 2.75) is 0 Å². The summed E-state index contributed by atoms with van der Waals surface area (Å²) in [6.07, 6.45) is 0. The highest BCUT2D eigenvalue weighted by molar-refractivity contribution is 6.15. The highest BCUT2D eigenvalue weighted by atomic mass is 15.0. The van der Waals surface area contributed by atoms with Crippen molar-refractivity contribution in [2.24, 2.45) is 0 Å².